The lowest BCUT2D eigenvalue weighted by Crippen LogP contribution is -2.54. The molecular weight excluding hydrogens is 491 g/mol. The molecule has 2 radical (unpaired) electrons. The average molecular weight is 520 g/mol. The number of hydrogen-bond acceptors (Lipinski definition) is 7. The van der Waals surface area contributed by atoms with Crippen LogP contribution in [0, 0.1) is 5.92 Å². The van der Waals surface area contributed by atoms with Gasteiger partial charge in [-0.05, 0) is 80.6 Å². The Morgan fingerprint density at radius 2 is 1.92 bits per heavy atom. The zero-order valence-corrected chi connectivity index (χ0v) is 21.5. The van der Waals surface area contributed by atoms with Crippen LogP contribution in [0.5, 0.6) is 0 Å². The fourth-order valence-electron chi connectivity index (χ4n) is 7.23. The highest BCUT2D eigenvalue weighted by Gasteiger charge is 2.53. The third-order valence-corrected chi connectivity index (χ3v) is 9.43. The van der Waals surface area contributed by atoms with Gasteiger partial charge in [-0.1, -0.05) is 11.6 Å². The van der Waals surface area contributed by atoms with E-state index in [1.807, 2.05) is 35.2 Å². The molecule has 10 heteroatoms. The second kappa shape index (κ2) is 7.87. The monoisotopic (exact) mass is 520 g/mol. The predicted molar refractivity (Wildman–Crippen MR) is 143 cm³/mol. The minimum Gasteiger partial charge on any atom is -0.358 e. The van der Waals surface area contributed by atoms with Crippen LogP contribution in [-0.4, -0.2) is 54.3 Å². The normalized spacial score (nSPS) is 25.8. The maximum atomic E-state index is 13.8. The highest BCUT2D eigenvalue weighted by molar-refractivity contribution is 6.15. The van der Waals surface area contributed by atoms with E-state index in [4.69, 9.17) is 18.7 Å². The van der Waals surface area contributed by atoms with Crippen molar-refractivity contribution < 1.29 is 15.0 Å². The molecular formula is C29H29BN6O3. The van der Waals surface area contributed by atoms with E-state index in [0.717, 1.165) is 77.6 Å². The molecule has 8 rings (SSSR count). The number of rotatable bonds is 4. The van der Waals surface area contributed by atoms with Gasteiger partial charge in [-0.25, -0.2) is 14.5 Å². The van der Waals surface area contributed by atoms with Crippen molar-refractivity contribution in [2.24, 2.45) is 11.7 Å². The van der Waals surface area contributed by atoms with Crippen LogP contribution in [0.15, 0.2) is 53.5 Å². The molecule has 9 nitrogen and oxygen atoms in total. The zero-order valence-electron chi connectivity index (χ0n) is 21.5. The molecule has 3 aromatic heterocycles. The van der Waals surface area contributed by atoms with Gasteiger partial charge in [-0.15, -0.1) is 0 Å². The minimum atomic E-state index is -2.80. The van der Waals surface area contributed by atoms with Crippen molar-refractivity contribution in [2.75, 3.05) is 0 Å². The largest absolute Gasteiger partial charge is 0.358 e. The number of nitrogens with two attached hydrogens (primary N) is 1. The molecule has 5 aliphatic rings. The lowest BCUT2D eigenvalue weighted by molar-refractivity contribution is -0.211. The number of nitrogens with zero attached hydrogens (tertiary/aromatic N) is 5. The Balaban J connectivity index is 1.29. The Kier molecular flexibility index (Phi) is 4.75. The number of pyridine rings is 1. The highest BCUT2D eigenvalue weighted by atomic mass is 16.5. The zero-order chi connectivity index (χ0) is 26.7. The highest BCUT2D eigenvalue weighted by Crippen LogP contribution is 2.58. The van der Waals surface area contributed by atoms with E-state index in [-0.39, 0.29) is 5.92 Å². The number of aliphatic hydroxyl groups is 2. The van der Waals surface area contributed by atoms with Crippen molar-refractivity contribution in [3.8, 4) is 11.1 Å². The van der Waals surface area contributed by atoms with E-state index in [2.05, 4.69) is 16.0 Å². The summed E-state index contributed by atoms with van der Waals surface area (Å²) in [7, 11) is 5.81. The topological polar surface area (TPSA) is 130 Å². The lowest BCUT2D eigenvalue weighted by atomic mass is 9.77. The third-order valence-electron chi connectivity index (χ3n) is 9.43. The Morgan fingerprint density at radius 1 is 1.15 bits per heavy atom. The van der Waals surface area contributed by atoms with Crippen LogP contribution in [-0.2, 0) is 10.3 Å². The molecule has 1 amide bonds. The van der Waals surface area contributed by atoms with Gasteiger partial charge in [0.25, 0.3) is 5.91 Å². The van der Waals surface area contributed by atoms with Gasteiger partial charge in [0.15, 0.2) is 13.7 Å². The van der Waals surface area contributed by atoms with Crippen LogP contribution in [0.3, 0.4) is 0 Å². The summed E-state index contributed by atoms with van der Waals surface area (Å²) in [6.45, 7) is 0. The fourth-order valence-corrected chi connectivity index (χ4v) is 7.23. The molecule has 0 spiro atoms. The lowest BCUT2D eigenvalue weighted by Gasteiger charge is -2.38. The molecule has 39 heavy (non-hydrogen) atoms. The number of carbonyl (C=O) groups is 1. The molecule has 2 bridgehead atoms. The first-order valence-electron chi connectivity index (χ1n) is 13.9. The predicted octanol–water partition coefficient (Wildman–Crippen LogP) is 2.69. The molecule has 2 saturated carbocycles. The van der Waals surface area contributed by atoms with E-state index in [0.29, 0.717) is 29.4 Å². The molecule has 2 atom stereocenters. The van der Waals surface area contributed by atoms with E-state index in [1.165, 1.54) is 5.57 Å². The molecule has 4 aliphatic carbocycles. The Bertz CT molecular complexity index is 1610. The summed E-state index contributed by atoms with van der Waals surface area (Å²) in [6.07, 6.45) is 14.9. The number of fused-ring (bicyclic) bond motifs is 9. The Morgan fingerprint density at radius 3 is 2.59 bits per heavy atom. The molecule has 1 aliphatic heterocycles. The van der Waals surface area contributed by atoms with Crippen LogP contribution >= 0.6 is 0 Å². The quantitative estimate of drug-likeness (QED) is 0.356. The first kappa shape index (κ1) is 23.5. The minimum absolute atomic E-state index is 0.0782. The van der Waals surface area contributed by atoms with Crippen LogP contribution in [0.4, 0.5) is 0 Å². The van der Waals surface area contributed by atoms with Gasteiger partial charge in [-0.2, -0.15) is 5.10 Å². The molecule has 4 N–H and O–H groups in total. The Hall–Kier alpha value is -3.34. The van der Waals surface area contributed by atoms with Crippen molar-refractivity contribution in [3.63, 3.8) is 0 Å². The number of aromatic nitrogens is 4. The number of hydrogen-bond donors (Lipinski definition) is 3. The first-order valence-corrected chi connectivity index (χ1v) is 13.9. The number of carbonyl (C=O) groups excluding carboxylic acids is 1. The van der Waals surface area contributed by atoms with Crippen LogP contribution in [0.1, 0.15) is 80.4 Å². The van der Waals surface area contributed by atoms with Gasteiger partial charge in [0, 0.05) is 41.2 Å². The van der Waals surface area contributed by atoms with E-state index in [1.54, 1.807) is 0 Å². The first-order chi connectivity index (χ1) is 18.7. The van der Waals surface area contributed by atoms with Crippen molar-refractivity contribution in [1.29, 1.82) is 0 Å². The van der Waals surface area contributed by atoms with Crippen LogP contribution < -0.4 is 5.73 Å². The number of allylic oxidation sites excluding steroid dienone is 2. The smallest absolute Gasteiger partial charge is 0.257 e. The molecule has 1 saturated heterocycles. The molecule has 3 fully saturated rings. The third kappa shape index (κ3) is 3.38. The maximum absolute atomic E-state index is 13.8. The second-order valence-corrected chi connectivity index (χ2v) is 11.9. The number of likely N-dealkylation sites (tertiary alicyclic amines) is 1. The van der Waals surface area contributed by atoms with E-state index in [9.17, 15) is 15.0 Å². The molecule has 4 heterocycles. The van der Waals surface area contributed by atoms with E-state index >= 15 is 0 Å². The van der Waals surface area contributed by atoms with Crippen LogP contribution in [0.25, 0.3) is 16.6 Å². The van der Waals surface area contributed by atoms with Crippen molar-refractivity contribution in [3.05, 3.63) is 70.6 Å². The summed E-state index contributed by atoms with van der Waals surface area (Å²) in [5, 5.41) is 26.0. The summed E-state index contributed by atoms with van der Waals surface area (Å²) < 4.78 is 1.82. The summed E-state index contributed by atoms with van der Waals surface area (Å²) >= 11 is 0. The fraction of sp³-hybridized carbons (Fsp3) is 0.448. The van der Waals surface area contributed by atoms with E-state index < -0.39 is 23.3 Å². The van der Waals surface area contributed by atoms with Gasteiger partial charge in [0.2, 0.25) is 0 Å². The average Bonchev–Trinajstić information content (AvgIpc) is 3.62. The summed E-state index contributed by atoms with van der Waals surface area (Å²) in [5.41, 5.74) is 13.4. The van der Waals surface area contributed by atoms with Gasteiger partial charge >= 0.3 is 0 Å². The second-order valence-electron chi connectivity index (χ2n) is 11.9. The summed E-state index contributed by atoms with van der Waals surface area (Å²) in [4.78, 5) is 24.0. The van der Waals surface area contributed by atoms with Crippen molar-refractivity contribution in [2.45, 2.75) is 74.7 Å². The van der Waals surface area contributed by atoms with Gasteiger partial charge in [0.1, 0.15) is 5.82 Å². The van der Waals surface area contributed by atoms with Gasteiger partial charge in [-0.3, -0.25) is 9.69 Å². The summed E-state index contributed by atoms with van der Waals surface area (Å²) in [5.74, 6) is -2.14. The van der Waals surface area contributed by atoms with Gasteiger partial charge in [0.05, 0.1) is 22.8 Å². The standard InChI is InChI=1S/C29H29BN6O3/c30-29(38,39)36-22-12-20(23-18(15-5-6-15)3-1-4-19(23)26(36)37)24-21-11-16(7-10-35(21)34-25(22)24)17-13-32-27(33-14-17)28(31)8-2-9-28/h4,7,10-11,13-15,20,22,38-39H,1-3,5-6,8-9,12,31H2. The number of amides is 1. The molecule has 3 aromatic rings. The van der Waals surface area contributed by atoms with Crippen molar-refractivity contribution in [1.82, 2.24) is 24.5 Å². The SMILES string of the molecule is [B]C(O)(O)N1C(=O)C2=CCCC(C3CC3)=C2C2CC1c1nn3ccc(-c4cnc(C5(N)CCC5)nc4)cc3c12. The van der Waals surface area contributed by atoms with Crippen LogP contribution in [0.2, 0.25) is 0 Å². The Labute approximate surface area is 226 Å². The molecule has 196 valence electrons. The van der Waals surface area contributed by atoms with Crippen molar-refractivity contribution >= 4 is 19.3 Å². The maximum Gasteiger partial charge on any atom is 0.257 e. The molecule has 0 aromatic carbocycles. The summed E-state index contributed by atoms with van der Waals surface area (Å²) in [6, 6.07) is 3.41. The van der Waals surface area contributed by atoms with Gasteiger partial charge < -0.3 is 15.9 Å². The molecule has 2 unspecified atom stereocenters.